The van der Waals surface area contributed by atoms with Gasteiger partial charge in [-0.05, 0) is 55.3 Å². The first-order valence-electron chi connectivity index (χ1n) is 7.51. The van der Waals surface area contributed by atoms with Gasteiger partial charge in [-0.1, -0.05) is 12.1 Å². The standard InChI is InChI=1S/C18H21FN2O2/c1-13(21-16-7-9-17(23-2)10-8-16)18(22)20-12-11-14-3-5-15(19)6-4-14/h3-10,13,21H,11-12H2,1-2H3,(H,20,22). The summed E-state index contributed by atoms with van der Waals surface area (Å²) in [6.45, 7) is 2.32. The van der Waals surface area contributed by atoms with Gasteiger partial charge >= 0.3 is 0 Å². The number of methoxy groups -OCH3 is 1. The van der Waals surface area contributed by atoms with Gasteiger partial charge in [0, 0.05) is 12.2 Å². The predicted octanol–water partition coefficient (Wildman–Crippen LogP) is 2.99. The van der Waals surface area contributed by atoms with Crippen molar-refractivity contribution in [2.75, 3.05) is 19.0 Å². The molecule has 0 spiro atoms. The number of carbonyl (C=O) groups excluding carboxylic acids is 1. The zero-order chi connectivity index (χ0) is 16.7. The second-order valence-corrected chi connectivity index (χ2v) is 5.26. The minimum atomic E-state index is -0.350. The Morgan fingerprint density at radius 2 is 1.78 bits per heavy atom. The first kappa shape index (κ1) is 16.8. The molecule has 0 fully saturated rings. The smallest absolute Gasteiger partial charge is 0.242 e. The molecule has 0 heterocycles. The van der Waals surface area contributed by atoms with Crippen LogP contribution in [0.15, 0.2) is 48.5 Å². The fraction of sp³-hybridized carbons (Fsp3) is 0.278. The van der Waals surface area contributed by atoms with E-state index in [4.69, 9.17) is 4.74 Å². The van der Waals surface area contributed by atoms with Crippen molar-refractivity contribution >= 4 is 11.6 Å². The molecule has 0 aromatic heterocycles. The molecule has 2 aromatic rings. The van der Waals surface area contributed by atoms with Gasteiger partial charge in [0.15, 0.2) is 0 Å². The summed E-state index contributed by atoms with van der Waals surface area (Å²) in [5, 5.41) is 6.00. The summed E-state index contributed by atoms with van der Waals surface area (Å²) >= 11 is 0. The van der Waals surface area contributed by atoms with Crippen LogP contribution in [-0.4, -0.2) is 25.6 Å². The second-order valence-electron chi connectivity index (χ2n) is 5.26. The van der Waals surface area contributed by atoms with E-state index in [0.717, 1.165) is 17.0 Å². The number of hydrogen-bond donors (Lipinski definition) is 2. The largest absolute Gasteiger partial charge is 0.497 e. The van der Waals surface area contributed by atoms with Crippen LogP contribution in [0.5, 0.6) is 5.75 Å². The third-order valence-electron chi connectivity index (χ3n) is 3.49. The first-order valence-corrected chi connectivity index (χ1v) is 7.51. The van der Waals surface area contributed by atoms with Crippen molar-refractivity contribution in [3.05, 3.63) is 59.9 Å². The van der Waals surface area contributed by atoms with Crippen molar-refractivity contribution in [2.45, 2.75) is 19.4 Å². The molecule has 122 valence electrons. The third-order valence-corrected chi connectivity index (χ3v) is 3.49. The number of benzene rings is 2. The lowest BCUT2D eigenvalue weighted by Crippen LogP contribution is -2.38. The number of halogens is 1. The van der Waals surface area contributed by atoms with E-state index in [0.29, 0.717) is 13.0 Å². The van der Waals surface area contributed by atoms with E-state index in [-0.39, 0.29) is 17.8 Å². The lowest BCUT2D eigenvalue weighted by molar-refractivity contribution is -0.121. The van der Waals surface area contributed by atoms with Crippen LogP contribution in [0.2, 0.25) is 0 Å². The van der Waals surface area contributed by atoms with Gasteiger partial charge in [0.2, 0.25) is 5.91 Å². The first-order chi connectivity index (χ1) is 11.1. The monoisotopic (exact) mass is 316 g/mol. The average molecular weight is 316 g/mol. The van der Waals surface area contributed by atoms with Crippen molar-refractivity contribution in [3.8, 4) is 5.75 Å². The average Bonchev–Trinajstić information content (AvgIpc) is 2.57. The van der Waals surface area contributed by atoms with Crippen LogP contribution in [0.25, 0.3) is 0 Å². The van der Waals surface area contributed by atoms with Crippen LogP contribution in [0.3, 0.4) is 0 Å². The van der Waals surface area contributed by atoms with Crippen LogP contribution >= 0.6 is 0 Å². The molecule has 0 aliphatic heterocycles. The van der Waals surface area contributed by atoms with Gasteiger partial charge in [0.05, 0.1) is 7.11 Å². The van der Waals surface area contributed by atoms with Crippen LogP contribution in [0, 0.1) is 5.82 Å². The Hall–Kier alpha value is -2.56. The summed E-state index contributed by atoms with van der Waals surface area (Å²) < 4.78 is 17.9. The number of anilines is 1. The Balaban J connectivity index is 1.76. The van der Waals surface area contributed by atoms with Crippen molar-refractivity contribution in [1.29, 1.82) is 0 Å². The highest BCUT2D eigenvalue weighted by Gasteiger charge is 2.11. The normalized spacial score (nSPS) is 11.6. The summed E-state index contributed by atoms with van der Waals surface area (Å²) in [4.78, 5) is 12.1. The van der Waals surface area contributed by atoms with E-state index in [1.54, 1.807) is 26.2 Å². The number of carbonyl (C=O) groups is 1. The quantitative estimate of drug-likeness (QED) is 0.825. The molecule has 0 saturated carbocycles. The predicted molar refractivity (Wildman–Crippen MR) is 89.2 cm³/mol. The molecule has 0 saturated heterocycles. The molecule has 1 amide bonds. The van der Waals surface area contributed by atoms with Crippen LogP contribution in [-0.2, 0) is 11.2 Å². The molecule has 4 nitrogen and oxygen atoms in total. The highest BCUT2D eigenvalue weighted by atomic mass is 19.1. The molecule has 23 heavy (non-hydrogen) atoms. The maximum absolute atomic E-state index is 12.8. The maximum atomic E-state index is 12.8. The van der Waals surface area contributed by atoms with Gasteiger partial charge < -0.3 is 15.4 Å². The second kappa shape index (κ2) is 8.17. The highest BCUT2D eigenvalue weighted by molar-refractivity contribution is 5.84. The van der Waals surface area contributed by atoms with Gasteiger partial charge in [-0.3, -0.25) is 4.79 Å². The maximum Gasteiger partial charge on any atom is 0.242 e. The molecule has 5 heteroatoms. The van der Waals surface area contributed by atoms with E-state index in [1.165, 1.54) is 12.1 Å². The van der Waals surface area contributed by atoms with Gasteiger partial charge in [0.25, 0.3) is 0 Å². The molecule has 0 aliphatic rings. The molecule has 0 aliphatic carbocycles. The minimum absolute atomic E-state index is 0.0806. The van der Waals surface area contributed by atoms with Gasteiger partial charge in [-0.2, -0.15) is 0 Å². The van der Waals surface area contributed by atoms with Gasteiger partial charge in [0.1, 0.15) is 17.6 Å². The van der Waals surface area contributed by atoms with Crippen molar-refractivity contribution in [3.63, 3.8) is 0 Å². The Labute approximate surface area is 135 Å². The number of nitrogens with one attached hydrogen (secondary N) is 2. The fourth-order valence-electron chi connectivity index (χ4n) is 2.14. The topological polar surface area (TPSA) is 50.4 Å². The number of amides is 1. The zero-order valence-corrected chi connectivity index (χ0v) is 13.3. The van der Waals surface area contributed by atoms with Gasteiger partial charge in [-0.25, -0.2) is 4.39 Å². The van der Waals surface area contributed by atoms with E-state index in [1.807, 2.05) is 24.3 Å². The molecule has 0 radical (unpaired) electrons. The SMILES string of the molecule is COc1ccc(NC(C)C(=O)NCCc2ccc(F)cc2)cc1. The van der Waals surface area contributed by atoms with Crippen LogP contribution in [0.1, 0.15) is 12.5 Å². The molecule has 1 unspecified atom stereocenters. The van der Waals surface area contributed by atoms with E-state index in [9.17, 15) is 9.18 Å². The summed E-state index contributed by atoms with van der Waals surface area (Å²) in [6, 6.07) is 13.3. The molecule has 0 bridgehead atoms. The molecule has 2 aromatic carbocycles. The van der Waals surface area contributed by atoms with Crippen LogP contribution < -0.4 is 15.4 Å². The fourth-order valence-corrected chi connectivity index (χ4v) is 2.14. The van der Waals surface area contributed by atoms with E-state index in [2.05, 4.69) is 10.6 Å². The third kappa shape index (κ3) is 5.29. The van der Waals surface area contributed by atoms with Gasteiger partial charge in [-0.15, -0.1) is 0 Å². The summed E-state index contributed by atoms with van der Waals surface area (Å²) in [5.41, 5.74) is 1.84. The summed E-state index contributed by atoms with van der Waals surface area (Å²) in [6.07, 6.45) is 0.668. The highest BCUT2D eigenvalue weighted by Crippen LogP contribution is 2.15. The number of ether oxygens (including phenoxy) is 1. The molecular weight excluding hydrogens is 295 g/mol. The molecule has 2 rings (SSSR count). The molecule has 2 N–H and O–H groups in total. The Bertz CT molecular complexity index is 626. The van der Waals surface area contributed by atoms with Crippen molar-refractivity contribution < 1.29 is 13.9 Å². The van der Waals surface area contributed by atoms with E-state index >= 15 is 0 Å². The Morgan fingerprint density at radius 1 is 1.13 bits per heavy atom. The Morgan fingerprint density at radius 3 is 2.39 bits per heavy atom. The minimum Gasteiger partial charge on any atom is -0.497 e. The van der Waals surface area contributed by atoms with Crippen molar-refractivity contribution in [1.82, 2.24) is 5.32 Å². The summed E-state index contributed by atoms with van der Waals surface area (Å²) in [7, 11) is 1.61. The number of rotatable bonds is 7. The van der Waals surface area contributed by atoms with Crippen LogP contribution in [0.4, 0.5) is 10.1 Å². The zero-order valence-electron chi connectivity index (χ0n) is 13.3. The molecule has 1 atom stereocenters. The number of hydrogen-bond acceptors (Lipinski definition) is 3. The van der Waals surface area contributed by atoms with E-state index < -0.39 is 0 Å². The lowest BCUT2D eigenvalue weighted by atomic mass is 10.1. The van der Waals surface area contributed by atoms with Crippen molar-refractivity contribution in [2.24, 2.45) is 0 Å². The summed E-state index contributed by atoms with van der Waals surface area (Å²) in [5.74, 6) is 0.435. The molecular formula is C18H21FN2O2. The Kier molecular flexibility index (Phi) is 5.97. The lowest BCUT2D eigenvalue weighted by Gasteiger charge is -2.15.